The van der Waals surface area contributed by atoms with Gasteiger partial charge in [-0.1, -0.05) is 48.5 Å². The molecule has 0 aliphatic rings. The molecule has 0 spiro atoms. The van der Waals surface area contributed by atoms with Gasteiger partial charge in [0, 0.05) is 17.2 Å². The van der Waals surface area contributed by atoms with Crippen molar-refractivity contribution < 1.29 is 9.53 Å². The summed E-state index contributed by atoms with van der Waals surface area (Å²) in [5, 5.41) is 0. The van der Waals surface area contributed by atoms with E-state index in [0.29, 0.717) is 5.69 Å². The number of carbonyl (C=O) groups is 1. The molecule has 0 atom stereocenters. The van der Waals surface area contributed by atoms with E-state index in [9.17, 15) is 4.79 Å². The van der Waals surface area contributed by atoms with Crippen molar-refractivity contribution in [1.82, 2.24) is 9.55 Å². The molecule has 0 radical (unpaired) electrons. The number of hydrogen-bond donors (Lipinski definition) is 0. The summed E-state index contributed by atoms with van der Waals surface area (Å²) in [7, 11) is 1.31. The highest BCUT2D eigenvalue weighted by Crippen LogP contribution is 2.28. The minimum atomic E-state index is -0.582. The summed E-state index contributed by atoms with van der Waals surface area (Å²) >= 11 is 0. The number of aryl methyl sites for hydroxylation is 1. The van der Waals surface area contributed by atoms with Crippen molar-refractivity contribution in [2.45, 2.75) is 6.92 Å². The number of methoxy groups -OCH3 is 1. The fraction of sp³-hybridized carbons (Fsp3) is 0.100. The first-order valence-corrected chi connectivity index (χ1v) is 7.51. The normalized spacial score (nSPS) is 9.92. The van der Waals surface area contributed by atoms with Crippen LogP contribution in [0.3, 0.4) is 0 Å². The number of esters is 1. The SMILES string of the molecule is COC(=O)C#Cc1nc(C)n(-c2ccccc2)c1-c1ccccc1. The first-order chi connectivity index (χ1) is 11.7. The van der Waals surface area contributed by atoms with Crippen LogP contribution in [0, 0.1) is 18.8 Å². The van der Waals surface area contributed by atoms with Crippen molar-refractivity contribution in [2.24, 2.45) is 0 Å². The highest BCUT2D eigenvalue weighted by atomic mass is 16.5. The molecule has 118 valence electrons. The van der Waals surface area contributed by atoms with E-state index in [2.05, 4.69) is 21.6 Å². The highest BCUT2D eigenvalue weighted by molar-refractivity contribution is 5.89. The number of benzene rings is 2. The fourth-order valence-corrected chi connectivity index (χ4v) is 2.54. The van der Waals surface area contributed by atoms with Gasteiger partial charge in [-0.2, -0.15) is 0 Å². The van der Waals surface area contributed by atoms with E-state index in [-0.39, 0.29) is 0 Å². The number of imidazole rings is 1. The minimum Gasteiger partial charge on any atom is -0.459 e. The summed E-state index contributed by atoms with van der Waals surface area (Å²) in [5.74, 6) is 5.52. The second-order valence-corrected chi connectivity index (χ2v) is 5.13. The molecular formula is C20H16N2O2. The van der Waals surface area contributed by atoms with E-state index in [1.165, 1.54) is 7.11 Å². The van der Waals surface area contributed by atoms with Crippen LogP contribution in [0.2, 0.25) is 0 Å². The van der Waals surface area contributed by atoms with E-state index in [4.69, 9.17) is 0 Å². The smallest absolute Gasteiger partial charge is 0.384 e. The number of aromatic nitrogens is 2. The molecule has 0 aliphatic heterocycles. The molecule has 0 amide bonds. The first kappa shape index (κ1) is 15.6. The summed E-state index contributed by atoms with van der Waals surface area (Å²) in [4.78, 5) is 15.9. The third kappa shape index (κ3) is 3.06. The summed E-state index contributed by atoms with van der Waals surface area (Å²) in [5.41, 5.74) is 3.38. The fourth-order valence-electron chi connectivity index (χ4n) is 2.54. The van der Waals surface area contributed by atoms with Gasteiger partial charge in [-0.15, -0.1) is 0 Å². The average Bonchev–Trinajstić information content (AvgIpc) is 2.97. The predicted octanol–water partition coefficient (Wildman–Crippen LogP) is 3.37. The molecular weight excluding hydrogens is 300 g/mol. The molecule has 2 aromatic carbocycles. The molecule has 3 aromatic rings. The largest absolute Gasteiger partial charge is 0.459 e. The quantitative estimate of drug-likeness (QED) is 0.538. The molecule has 0 fully saturated rings. The lowest BCUT2D eigenvalue weighted by Crippen LogP contribution is -1.99. The molecule has 1 aromatic heterocycles. The van der Waals surface area contributed by atoms with Crippen molar-refractivity contribution in [1.29, 1.82) is 0 Å². The molecule has 3 rings (SSSR count). The molecule has 0 saturated heterocycles. The van der Waals surface area contributed by atoms with Gasteiger partial charge >= 0.3 is 5.97 Å². The number of para-hydroxylation sites is 1. The Labute approximate surface area is 140 Å². The van der Waals surface area contributed by atoms with E-state index in [1.54, 1.807) is 0 Å². The summed E-state index contributed by atoms with van der Waals surface area (Å²) in [6.45, 7) is 1.92. The molecule has 0 aliphatic carbocycles. The topological polar surface area (TPSA) is 44.1 Å². The molecule has 0 saturated carbocycles. The molecule has 1 heterocycles. The Morgan fingerprint density at radius 2 is 1.67 bits per heavy atom. The third-order valence-corrected chi connectivity index (χ3v) is 3.58. The first-order valence-electron chi connectivity index (χ1n) is 7.51. The van der Waals surface area contributed by atoms with E-state index >= 15 is 0 Å². The highest BCUT2D eigenvalue weighted by Gasteiger charge is 2.16. The van der Waals surface area contributed by atoms with Gasteiger partial charge in [0.15, 0.2) is 0 Å². The lowest BCUT2D eigenvalue weighted by atomic mass is 10.1. The Bertz CT molecular complexity index is 917. The zero-order chi connectivity index (χ0) is 16.9. The van der Waals surface area contributed by atoms with Gasteiger partial charge in [-0.3, -0.25) is 4.57 Å². The molecule has 0 unspecified atom stereocenters. The van der Waals surface area contributed by atoms with Crippen molar-refractivity contribution in [2.75, 3.05) is 7.11 Å². The number of ether oxygens (including phenoxy) is 1. The van der Waals surface area contributed by atoms with Crippen molar-refractivity contribution in [3.8, 4) is 28.8 Å². The number of nitrogens with zero attached hydrogens (tertiary/aromatic N) is 2. The van der Waals surface area contributed by atoms with Crippen molar-refractivity contribution in [3.05, 3.63) is 72.2 Å². The number of carbonyl (C=O) groups excluding carboxylic acids is 1. The van der Waals surface area contributed by atoms with E-state index in [0.717, 1.165) is 22.8 Å². The Kier molecular flexibility index (Phi) is 4.44. The van der Waals surface area contributed by atoms with Gasteiger partial charge in [-0.25, -0.2) is 9.78 Å². The monoisotopic (exact) mass is 316 g/mol. The molecule has 4 nitrogen and oxygen atoms in total. The summed E-state index contributed by atoms with van der Waals surface area (Å²) in [6.07, 6.45) is 0. The Morgan fingerprint density at radius 1 is 1.04 bits per heavy atom. The van der Waals surface area contributed by atoms with Crippen LogP contribution in [0.15, 0.2) is 60.7 Å². The lowest BCUT2D eigenvalue weighted by Gasteiger charge is -2.10. The Morgan fingerprint density at radius 3 is 2.29 bits per heavy atom. The summed E-state index contributed by atoms with van der Waals surface area (Å²) < 4.78 is 6.63. The van der Waals surface area contributed by atoms with Crippen LogP contribution >= 0.6 is 0 Å². The molecule has 0 N–H and O–H groups in total. The molecule has 0 bridgehead atoms. The maximum absolute atomic E-state index is 11.4. The minimum absolute atomic E-state index is 0.549. The van der Waals surface area contributed by atoms with Crippen LogP contribution in [0.25, 0.3) is 16.9 Å². The van der Waals surface area contributed by atoms with E-state index < -0.39 is 5.97 Å². The predicted molar refractivity (Wildman–Crippen MR) is 92.6 cm³/mol. The molecule has 24 heavy (non-hydrogen) atoms. The maximum atomic E-state index is 11.4. The number of hydrogen-bond acceptors (Lipinski definition) is 3. The van der Waals surface area contributed by atoms with Gasteiger partial charge in [0.05, 0.1) is 12.8 Å². The van der Waals surface area contributed by atoms with Gasteiger partial charge in [-0.05, 0) is 25.0 Å². The maximum Gasteiger partial charge on any atom is 0.384 e. The van der Waals surface area contributed by atoms with Crippen molar-refractivity contribution in [3.63, 3.8) is 0 Å². The average molecular weight is 316 g/mol. The van der Waals surface area contributed by atoms with E-state index in [1.807, 2.05) is 72.2 Å². The Hall–Kier alpha value is -3.32. The van der Waals surface area contributed by atoms with Gasteiger partial charge in [0.25, 0.3) is 0 Å². The van der Waals surface area contributed by atoms with Gasteiger partial charge < -0.3 is 4.74 Å². The van der Waals surface area contributed by atoms with Crippen LogP contribution in [-0.2, 0) is 9.53 Å². The van der Waals surface area contributed by atoms with Crippen LogP contribution in [0.5, 0.6) is 0 Å². The van der Waals surface area contributed by atoms with Crippen LogP contribution < -0.4 is 0 Å². The van der Waals surface area contributed by atoms with Crippen LogP contribution in [0.1, 0.15) is 11.5 Å². The van der Waals surface area contributed by atoms with Crippen molar-refractivity contribution >= 4 is 5.97 Å². The van der Waals surface area contributed by atoms with Gasteiger partial charge in [0.1, 0.15) is 11.5 Å². The Balaban J connectivity index is 2.24. The third-order valence-electron chi connectivity index (χ3n) is 3.58. The molecule has 4 heteroatoms. The van der Waals surface area contributed by atoms with Gasteiger partial charge in [0.2, 0.25) is 0 Å². The number of rotatable bonds is 2. The second kappa shape index (κ2) is 6.84. The lowest BCUT2D eigenvalue weighted by molar-refractivity contribution is -0.133. The zero-order valence-corrected chi connectivity index (χ0v) is 13.5. The summed E-state index contributed by atoms with van der Waals surface area (Å²) in [6, 6.07) is 19.8. The van der Waals surface area contributed by atoms with Crippen LogP contribution in [0.4, 0.5) is 0 Å². The zero-order valence-electron chi connectivity index (χ0n) is 13.5. The standard InChI is InChI=1S/C20H16N2O2/c1-15-21-18(13-14-19(23)24-2)20(16-9-5-3-6-10-16)22(15)17-11-7-4-8-12-17/h3-12H,1-2H3. The second-order valence-electron chi connectivity index (χ2n) is 5.13. The van der Waals surface area contributed by atoms with Crippen LogP contribution in [-0.4, -0.2) is 22.6 Å².